The van der Waals surface area contributed by atoms with Crippen LogP contribution in [0.1, 0.15) is 26.7 Å². The summed E-state index contributed by atoms with van der Waals surface area (Å²) in [7, 11) is 0. The predicted octanol–water partition coefficient (Wildman–Crippen LogP) is 1.79. The Morgan fingerprint density at radius 2 is 2.33 bits per heavy atom. The van der Waals surface area contributed by atoms with E-state index < -0.39 is 11.9 Å². The molecule has 18 heavy (non-hydrogen) atoms. The summed E-state index contributed by atoms with van der Waals surface area (Å²) in [4.78, 5) is 19.1. The molecule has 0 bridgehead atoms. The van der Waals surface area contributed by atoms with Crippen LogP contribution in [0.3, 0.4) is 0 Å². The first kappa shape index (κ1) is 14.2. The highest BCUT2D eigenvalue weighted by molar-refractivity contribution is 5.70. The molecule has 6 heteroatoms. The maximum absolute atomic E-state index is 11.0. The van der Waals surface area contributed by atoms with Crippen molar-refractivity contribution in [3.05, 3.63) is 12.3 Å². The molecule has 1 atom stereocenters. The van der Waals surface area contributed by atoms with Crippen LogP contribution < -0.4 is 10.1 Å². The molecule has 1 aromatic heterocycles. The van der Waals surface area contributed by atoms with Crippen LogP contribution in [0.4, 0.5) is 5.95 Å². The fourth-order valence-electron chi connectivity index (χ4n) is 1.53. The summed E-state index contributed by atoms with van der Waals surface area (Å²) in [6.07, 6.45) is 3.04. The quantitative estimate of drug-likeness (QED) is 0.734. The van der Waals surface area contributed by atoms with Crippen LogP contribution >= 0.6 is 0 Å². The second kappa shape index (κ2) is 7.47. The third kappa shape index (κ3) is 4.57. The zero-order chi connectivity index (χ0) is 13.4. The van der Waals surface area contributed by atoms with E-state index in [2.05, 4.69) is 15.3 Å². The molecule has 0 aromatic carbocycles. The summed E-state index contributed by atoms with van der Waals surface area (Å²) in [5, 5.41) is 11.9. The van der Waals surface area contributed by atoms with Gasteiger partial charge in [0, 0.05) is 18.8 Å². The number of aromatic nitrogens is 2. The van der Waals surface area contributed by atoms with Gasteiger partial charge >= 0.3 is 5.97 Å². The molecule has 1 rings (SSSR count). The van der Waals surface area contributed by atoms with Crippen LogP contribution in [0.5, 0.6) is 5.88 Å². The second-order valence-electron chi connectivity index (χ2n) is 3.86. The van der Waals surface area contributed by atoms with E-state index in [1.54, 1.807) is 12.3 Å². The average Bonchev–Trinajstić information content (AvgIpc) is 2.35. The molecule has 0 radical (unpaired) electrons. The number of hydrogen-bond donors (Lipinski definition) is 2. The molecule has 2 N–H and O–H groups in total. The van der Waals surface area contributed by atoms with E-state index in [-0.39, 0.29) is 0 Å². The lowest BCUT2D eigenvalue weighted by Crippen LogP contribution is -2.23. The summed E-state index contributed by atoms with van der Waals surface area (Å²) < 4.78 is 5.24. The van der Waals surface area contributed by atoms with Gasteiger partial charge in [0.05, 0.1) is 12.5 Å². The van der Waals surface area contributed by atoms with Crippen molar-refractivity contribution in [3.8, 4) is 5.88 Å². The van der Waals surface area contributed by atoms with Crippen molar-refractivity contribution in [1.29, 1.82) is 0 Å². The molecule has 1 heterocycles. The summed E-state index contributed by atoms with van der Waals surface area (Å²) in [5.41, 5.74) is 0. The van der Waals surface area contributed by atoms with Crippen molar-refractivity contribution in [3.63, 3.8) is 0 Å². The first-order chi connectivity index (χ1) is 8.67. The molecular weight excluding hydrogens is 234 g/mol. The Morgan fingerprint density at radius 1 is 1.56 bits per heavy atom. The van der Waals surface area contributed by atoms with Gasteiger partial charge in [0.1, 0.15) is 0 Å². The molecule has 0 aliphatic rings. The molecule has 6 nitrogen and oxygen atoms in total. The lowest BCUT2D eigenvalue weighted by molar-refractivity contribution is -0.141. The highest BCUT2D eigenvalue weighted by atomic mass is 16.5. The zero-order valence-corrected chi connectivity index (χ0v) is 10.7. The largest absolute Gasteiger partial charge is 0.481 e. The minimum Gasteiger partial charge on any atom is -0.481 e. The van der Waals surface area contributed by atoms with Gasteiger partial charge < -0.3 is 15.2 Å². The van der Waals surface area contributed by atoms with E-state index in [1.807, 2.05) is 13.8 Å². The Bertz CT molecular complexity index is 385. The number of nitrogens with zero attached hydrogens (tertiary/aromatic N) is 2. The third-order valence-electron chi connectivity index (χ3n) is 2.42. The molecule has 1 aromatic rings. The zero-order valence-electron chi connectivity index (χ0n) is 10.7. The highest BCUT2D eigenvalue weighted by Gasteiger charge is 2.16. The highest BCUT2D eigenvalue weighted by Crippen LogP contribution is 2.11. The predicted molar refractivity (Wildman–Crippen MR) is 67.7 cm³/mol. The minimum absolute atomic E-state index is 0.318. The van der Waals surface area contributed by atoms with Crippen molar-refractivity contribution in [1.82, 2.24) is 9.97 Å². The van der Waals surface area contributed by atoms with Crippen LogP contribution in [0.2, 0.25) is 0 Å². The van der Waals surface area contributed by atoms with E-state index in [1.165, 1.54) is 0 Å². The van der Waals surface area contributed by atoms with Gasteiger partial charge in [0.25, 0.3) is 0 Å². The lowest BCUT2D eigenvalue weighted by Gasteiger charge is -2.12. The van der Waals surface area contributed by atoms with Gasteiger partial charge in [-0.15, -0.1) is 0 Å². The molecule has 0 fully saturated rings. The topological polar surface area (TPSA) is 84.3 Å². The van der Waals surface area contributed by atoms with Crippen molar-refractivity contribution >= 4 is 11.9 Å². The number of rotatable bonds is 8. The van der Waals surface area contributed by atoms with Crippen molar-refractivity contribution in [2.24, 2.45) is 5.92 Å². The number of hydrogen-bond acceptors (Lipinski definition) is 5. The Hall–Kier alpha value is -1.85. The number of nitrogens with one attached hydrogen (secondary N) is 1. The molecule has 0 saturated heterocycles. The summed E-state index contributed by atoms with van der Waals surface area (Å²) in [6.45, 7) is 4.68. The van der Waals surface area contributed by atoms with E-state index in [0.29, 0.717) is 31.4 Å². The lowest BCUT2D eigenvalue weighted by atomic mass is 10.0. The summed E-state index contributed by atoms with van der Waals surface area (Å²) in [6, 6.07) is 1.66. The Morgan fingerprint density at radius 3 is 2.94 bits per heavy atom. The number of ether oxygens (including phenoxy) is 1. The standard InChI is InChI=1S/C12H19N3O3/c1-3-5-9(11(16)17)8-14-12-13-7-6-10(15-12)18-4-2/h6-7,9H,3-5,8H2,1-2H3,(H,16,17)(H,13,14,15). The maximum Gasteiger partial charge on any atom is 0.308 e. The summed E-state index contributed by atoms with van der Waals surface area (Å²) in [5.74, 6) is -0.347. The van der Waals surface area contributed by atoms with Gasteiger partial charge in [-0.2, -0.15) is 4.98 Å². The fourth-order valence-corrected chi connectivity index (χ4v) is 1.53. The van der Waals surface area contributed by atoms with E-state index in [9.17, 15) is 4.79 Å². The maximum atomic E-state index is 11.0. The second-order valence-corrected chi connectivity index (χ2v) is 3.86. The van der Waals surface area contributed by atoms with Crippen LogP contribution in [0, 0.1) is 5.92 Å². The number of anilines is 1. The number of carbonyl (C=O) groups is 1. The SMILES string of the molecule is CCCC(CNc1nccc(OCC)n1)C(=O)O. The van der Waals surface area contributed by atoms with Gasteiger partial charge in [-0.05, 0) is 13.3 Å². The monoisotopic (exact) mass is 253 g/mol. The molecule has 0 saturated carbocycles. The average molecular weight is 253 g/mol. The third-order valence-corrected chi connectivity index (χ3v) is 2.42. The molecule has 0 aliphatic heterocycles. The first-order valence-electron chi connectivity index (χ1n) is 6.09. The van der Waals surface area contributed by atoms with Crippen molar-refractivity contribution in [2.75, 3.05) is 18.5 Å². The minimum atomic E-state index is -0.801. The Kier molecular flexibility index (Phi) is 5.90. The van der Waals surface area contributed by atoms with Gasteiger partial charge in [-0.25, -0.2) is 4.98 Å². The van der Waals surface area contributed by atoms with Crippen LogP contribution in [-0.2, 0) is 4.79 Å². The summed E-state index contributed by atoms with van der Waals surface area (Å²) >= 11 is 0. The van der Waals surface area contributed by atoms with Crippen molar-refractivity contribution < 1.29 is 14.6 Å². The normalized spacial score (nSPS) is 11.9. The Labute approximate surface area is 106 Å². The smallest absolute Gasteiger partial charge is 0.308 e. The molecule has 0 spiro atoms. The number of aliphatic carboxylic acids is 1. The van der Waals surface area contributed by atoms with Crippen LogP contribution in [0.15, 0.2) is 12.3 Å². The van der Waals surface area contributed by atoms with Gasteiger partial charge in [0.2, 0.25) is 11.8 Å². The first-order valence-corrected chi connectivity index (χ1v) is 6.09. The van der Waals surface area contributed by atoms with Crippen LogP contribution in [0.25, 0.3) is 0 Å². The van der Waals surface area contributed by atoms with E-state index in [4.69, 9.17) is 9.84 Å². The fraction of sp³-hybridized carbons (Fsp3) is 0.583. The molecule has 0 amide bonds. The molecular formula is C12H19N3O3. The number of carboxylic acid groups (broad SMARTS) is 1. The van der Waals surface area contributed by atoms with E-state index in [0.717, 1.165) is 6.42 Å². The van der Waals surface area contributed by atoms with Gasteiger partial charge in [-0.1, -0.05) is 13.3 Å². The molecule has 1 unspecified atom stereocenters. The van der Waals surface area contributed by atoms with Crippen molar-refractivity contribution in [2.45, 2.75) is 26.7 Å². The molecule has 100 valence electrons. The van der Waals surface area contributed by atoms with Crippen LogP contribution in [-0.4, -0.2) is 34.2 Å². The van der Waals surface area contributed by atoms with E-state index >= 15 is 0 Å². The molecule has 0 aliphatic carbocycles. The van der Waals surface area contributed by atoms with Gasteiger partial charge in [-0.3, -0.25) is 4.79 Å². The Balaban J connectivity index is 2.55. The number of carboxylic acids is 1. The van der Waals surface area contributed by atoms with Gasteiger partial charge in [0.15, 0.2) is 0 Å².